The van der Waals surface area contributed by atoms with Crippen molar-refractivity contribution < 1.29 is 38.1 Å². The summed E-state index contributed by atoms with van der Waals surface area (Å²) in [4.78, 5) is 52.2. The average molecular weight is 564 g/mol. The molecule has 0 aromatic carbocycles. The van der Waals surface area contributed by atoms with E-state index in [1.807, 2.05) is 18.4 Å². The molecule has 1 saturated heterocycles. The quantitative estimate of drug-likeness (QED) is 0.271. The fraction of sp³-hybridized carbons (Fsp3) is 0.560. The van der Waals surface area contributed by atoms with Gasteiger partial charge in [0.1, 0.15) is 18.8 Å². The number of hydrogen-bond acceptors (Lipinski definition) is 11. The summed E-state index contributed by atoms with van der Waals surface area (Å²) in [5.74, 6) is -1.70. The highest BCUT2D eigenvalue weighted by Crippen LogP contribution is 2.34. The third-order valence-electron chi connectivity index (χ3n) is 5.70. The predicted molar refractivity (Wildman–Crippen MR) is 138 cm³/mol. The van der Waals surface area contributed by atoms with Gasteiger partial charge in [0.15, 0.2) is 24.3 Å². The number of nitrogens with zero attached hydrogens (tertiary/aromatic N) is 4. The van der Waals surface area contributed by atoms with E-state index < -0.39 is 54.4 Å². The third-order valence-corrected chi connectivity index (χ3v) is 6.11. The van der Waals surface area contributed by atoms with E-state index in [9.17, 15) is 19.2 Å². The molecule has 13 nitrogen and oxygen atoms in total. The normalized spacial score (nSPS) is 22.7. The zero-order valence-corrected chi connectivity index (χ0v) is 23.5. The van der Waals surface area contributed by atoms with Crippen LogP contribution in [-0.2, 0) is 44.7 Å². The van der Waals surface area contributed by atoms with Gasteiger partial charge in [-0.25, -0.2) is 4.68 Å². The van der Waals surface area contributed by atoms with Crippen molar-refractivity contribution in [2.75, 3.05) is 6.61 Å². The third kappa shape index (κ3) is 7.47. The van der Waals surface area contributed by atoms with Gasteiger partial charge in [-0.3, -0.25) is 28.7 Å². The molecule has 1 amide bonds. The zero-order valence-electron chi connectivity index (χ0n) is 22.7. The number of aromatic nitrogens is 4. The number of rotatable bonds is 9. The van der Waals surface area contributed by atoms with Gasteiger partial charge < -0.3 is 24.3 Å². The second-order valence-corrected chi connectivity index (χ2v) is 9.90. The van der Waals surface area contributed by atoms with Gasteiger partial charge in [-0.05, 0) is 30.3 Å². The number of ether oxygens (including phenoxy) is 4. The Labute approximate surface area is 230 Å². The number of hydrogen-bond donors (Lipinski definition) is 1. The molecular formula is C25H33N5O8S. The maximum atomic E-state index is 12.3. The fourth-order valence-corrected chi connectivity index (χ4v) is 4.65. The van der Waals surface area contributed by atoms with E-state index in [1.165, 1.54) is 32.4 Å². The number of nitrogens with one attached hydrogen (secondary N) is 1. The zero-order chi connectivity index (χ0) is 28.9. The molecule has 14 heteroatoms. The first-order valence-electron chi connectivity index (χ1n) is 12.4. The molecule has 2 aromatic rings. The lowest BCUT2D eigenvalue weighted by atomic mass is 9.95. The van der Waals surface area contributed by atoms with Crippen molar-refractivity contribution in [2.24, 2.45) is 5.92 Å². The maximum Gasteiger partial charge on any atom is 0.303 e. The van der Waals surface area contributed by atoms with Crippen molar-refractivity contribution in [1.82, 2.24) is 24.6 Å². The minimum Gasteiger partial charge on any atom is -0.463 e. The molecule has 3 rings (SSSR count). The van der Waals surface area contributed by atoms with E-state index in [-0.39, 0.29) is 17.3 Å². The molecule has 3 heterocycles. The standard InChI is InChI=1S/C25H33N5O8S/c1-13(2)11-29-23(18-7-9-26-10-8-18)28-30(25(29)39)24-20(27-14(3)31)22(37-17(6)34)21(36-16(5)33)19(38-24)12-35-15(4)32/h7-10,13,19-22,24H,11-12H2,1-6H3,(H,27,31)/t19-,20-,21-,22-,24-/m1/s1. The van der Waals surface area contributed by atoms with Gasteiger partial charge >= 0.3 is 17.9 Å². The molecule has 1 aliphatic rings. The SMILES string of the molecule is CC(=O)N[C@@H]1[C@@H](OC(C)=O)[C@H](OC(C)=O)[C@@H](COC(C)=O)O[C@H]1n1nc(-c2ccncc2)n(CC(C)C)c1=S. The van der Waals surface area contributed by atoms with Crippen molar-refractivity contribution in [3.63, 3.8) is 0 Å². The van der Waals surface area contributed by atoms with Crippen molar-refractivity contribution in [3.05, 3.63) is 29.3 Å². The van der Waals surface area contributed by atoms with Crippen molar-refractivity contribution in [2.45, 2.75) is 78.7 Å². The monoisotopic (exact) mass is 563 g/mol. The van der Waals surface area contributed by atoms with E-state index in [0.29, 0.717) is 12.4 Å². The Morgan fingerprint density at radius 3 is 2.18 bits per heavy atom. The molecule has 0 spiro atoms. The number of carbonyl (C=O) groups is 4. The molecule has 1 fully saturated rings. The van der Waals surface area contributed by atoms with E-state index in [4.69, 9.17) is 36.3 Å². The summed E-state index contributed by atoms with van der Waals surface area (Å²) in [5.41, 5.74) is 0.744. The summed E-state index contributed by atoms with van der Waals surface area (Å²) in [7, 11) is 0. The van der Waals surface area contributed by atoms with Crippen LogP contribution in [0, 0.1) is 10.7 Å². The molecule has 212 valence electrons. The number of esters is 3. The van der Waals surface area contributed by atoms with E-state index in [2.05, 4.69) is 10.3 Å². The predicted octanol–water partition coefficient (Wildman–Crippen LogP) is 1.96. The molecule has 39 heavy (non-hydrogen) atoms. The molecule has 0 aliphatic carbocycles. The van der Waals surface area contributed by atoms with Crippen LogP contribution >= 0.6 is 12.2 Å². The van der Waals surface area contributed by atoms with E-state index >= 15 is 0 Å². The Morgan fingerprint density at radius 1 is 1.03 bits per heavy atom. The summed E-state index contributed by atoms with van der Waals surface area (Å²) in [5, 5.41) is 7.50. The second-order valence-electron chi connectivity index (χ2n) is 9.53. The molecular weight excluding hydrogens is 530 g/mol. The minimum atomic E-state index is -1.23. The topological polar surface area (TPSA) is 153 Å². The lowest BCUT2D eigenvalue weighted by Gasteiger charge is -2.45. The molecule has 0 bridgehead atoms. The van der Waals surface area contributed by atoms with Crippen molar-refractivity contribution in [1.29, 1.82) is 0 Å². The van der Waals surface area contributed by atoms with Crippen LogP contribution in [0.4, 0.5) is 0 Å². The van der Waals surface area contributed by atoms with Crippen LogP contribution in [0.25, 0.3) is 11.4 Å². The van der Waals surface area contributed by atoms with Gasteiger partial charge in [0.25, 0.3) is 0 Å². The van der Waals surface area contributed by atoms with Crippen molar-refractivity contribution >= 4 is 36.0 Å². The minimum absolute atomic E-state index is 0.201. The Hall–Kier alpha value is -3.65. The van der Waals surface area contributed by atoms with Gasteiger partial charge in [-0.15, -0.1) is 5.10 Å². The summed E-state index contributed by atoms with van der Waals surface area (Å²) < 4.78 is 26.1. The van der Waals surface area contributed by atoms with Crippen LogP contribution in [0.5, 0.6) is 0 Å². The van der Waals surface area contributed by atoms with Crippen LogP contribution in [0.1, 0.15) is 47.8 Å². The highest BCUT2D eigenvalue weighted by molar-refractivity contribution is 7.71. The van der Waals surface area contributed by atoms with Crippen LogP contribution in [0.15, 0.2) is 24.5 Å². The largest absolute Gasteiger partial charge is 0.463 e. The molecule has 1 N–H and O–H groups in total. The van der Waals surface area contributed by atoms with Gasteiger partial charge in [0.2, 0.25) is 10.7 Å². The average Bonchev–Trinajstić information content (AvgIpc) is 3.15. The summed E-state index contributed by atoms with van der Waals surface area (Å²) in [6.07, 6.45) is -1.40. The van der Waals surface area contributed by atoms with E-state index in [1.54, 1.807) is 24.5 Å². The van der Waals surface area contributed by atoms with Crippen LogP contribution in [0.2, 0.25) is 0 Å². The Morgan fingerprint density at radius 2 is 1.64 bits per heavy atom. The summed E-state index contributed by atoms with van der Waals surface area (Å²) >= 11 is 5.83. The van der Waals surface area contributed by atoms with Crippen LogP contribution in [-0.4, -0.2) is 74.1 Å². The molecule has 0 unspecified atom stereocenters. The molecule has 0 saturated carbocycles. The Kier molecular flexibility index (Phi) is 9.92. The Balaban J connectivity index is 2.21. The van der Waals surface area contributed by atoms with Gasteiger partial charge in [0.05, 0.1) is 0 Å². The van der Waals surface area contributed by atoms with Gasteiger partial charge in [0, 0.05) is 52.2 Å². The van der Waals surface area contributed by atoms with Crippen LogP contribution < -0.4 is 5.32 Å². The van der Waals surface area contributed by atoms with E-state index in [0.717, 1.165) is 5.56 Å². The van der Waals surface area contributed by atoms with Crippen LogP contribution in [0.3, 0.4) is 0 Å². The van der Waals surface area contributed by atoms with Gasteiger partial charge in [-0.2, -0.15) is 0 Å². The summed E-state index contributed by atoms with van der Waals surface area (Å²) in [6, 6.07) is 2.49. The number of pyridine rings is 1. The molecule has 5 atom stereocenters. The highest BCUT2D eigenvalue weighted by atomic mass is 32.1. The Bertz CT molecular complexity index is 1260. The lowest BCUT2D eigenvalue weighted by molar-refractivity contribution is -0.239. The highest BCUT2D eigenvalue weighted by Gasteiger charge is 2.52. The van der Waals surface area contributed by atoms with Gasteiger partial charge in [-0.1, -0.05) is 13.8 Å². The first-order valence-corrected chi connectivity index (χ1v) is 12.8. The second kappa shape index (κ2) is 12.9. The first-order chi connectivity index (χ1) is 18.4. The molecule has 0 radical (unpaired) electrons. The molecule has 1 aliphatic heterocycles. The lowest BCUT2D eigenvalue weighted by Crippen LogP contribution is -2.64. The van der Waals surface area contributed by atoms with Crippen molar-refractivity contribution in [3.8, 4) is 11.4 Å². The molecule has 2 aromatic heterocycles. The smallest absolute Gasteiger partial charge is 0.303 e. The fourth-order valence-electron chi connectivity index (χ4n) is 4.34. The number of amides is 1. The number of carbonyl (C=O) groups excluding carboxylic acids is 4. The first kappa shape index (κ1) is 29.9. The maximum absolute atomic E-state index is 12.3. The summed E-state index contributed by atoms with van der Waals surface area (Å²) in [6.45, 7) is 9.12.